The van der Waals surface area contributed by atoms with E-state index in [1.54, 1.807) is 0 Å². The number of aliphatic carboxylic acids is 1. The number of nitrogens with two attached hydrogens (primary N) is 1. The Morgan fingerprint density at radius 3 is 2.64 bits per heavy atom. The Morgan fingerprint density at radius 1 is 1.36 bits per heavy atom. The summed E-state index contributed by atoms with van der Waals surface area (Å²) in [6, 6.07) is 0. The molecule has 0 heterocycles. The van der Waals surface area contributed by atoms with E-state index in [1.807, 2.05) is 5.32 Å². The highest BCUT2D eigenvalue weighted by Crippen LogP contribution is 1.76. The number of unbranched alkanes of at least 4 members (excludes halogenated alkanes) is 1. The van der Waals surface area contributed by atoms with E-state index < -0.39 is 5.97 Å². The van der Waals surface area contributed by atoms with E-state index in [0.29, 0.717) is 6.54 Å². The minimum atomic E-state index is -0.960. The number of carboxylic acids is 1. The molecule has 4 nitrogen and oxygen atoms in total. The molecule has 0 aliphatic heterocycles. The lowest BCUT2D eigenvalue weighted by atomic mass is 10.3. The van der Waals surface area contributed by atoms with Gasteiger partial charge in [0, 0.05) is 25.2 Å². The van der Waals surface area contributed by atoms with Crippen molar-refractivity contribution in [3.63, 3.8) is 0 Å². The van der Waals surface area contributed by atoms with E-state index in [4.69, 9.17) is 0 Å². The van der Waals surface area contributed by atoms with Gasteiger partial charge in [-0.05, 0) is 0 Å². The molecule has 0 saturated heterocycles. The highest BCUT2D eigenvalue weighted by atomic mass is 16.4. The maximum Gasteiger partial charge on any atom is 0.0808 e. The van der Waals surface area contributed by atoms with Crippen molar-refractivity contribution in [1.82, 2.24) is 0 Å². The SMILES string of the molecule is [NH3+]CCCC[NH2+]CCC(=O)[O-]. The van der Waals surface area contributed by atoms with Gasteiger partial charge in [-0.3, -0.25) is 0 Å². The molecule has 0 aliphatic rings. The molecule has 0 radical (unpaired) electrons. The van der Waals surface area contributed by atoms with Crippen molar-refractivity contribution in [2.24, 2.45) is 0 Å². The molecule has 5 N–H and O–H groups in total. The zero-order valence-electron chi connectivity index (χ0n) is 6.84. The van der Waals surface area contributed by atoms with Gasteiger partial charge in [0.1, 0.15) is 0 Å². The molecule has 0 amide bonds. The second-order valence-corrected chi connectivity index (χ2v) is 2.55. The predicted octanol–water partition coefficient (Wildman–Crippen LogP) is -3.29. The maximum absolute atomic E-state index is 9.95. The van der Waals surface area contributed by atoms with Gasteiger partial charge in [0.2, 0.25) is 0 Å². The van der Waals surface area contributed by atoms with Crippen LogP contribution in [-0.4, -0.2) is 25.6 Å². The summed E-state index contributed by atoms with van der Waals surface area (Å²) >= 11 is 0. The first-order valence-electron chi connectivity index (χ1n) is 4.08. The summed E-state index contributed by atoms with van der Waals surface area (Å²) in [6.45, 7) is 2.61. The number of hydrogen-bond acceptors (Lipinski definition) is 2. The molecule has 0 aromatic heterocycles. The topological polar surface area (TPSA) is 84.4 Å². The molecule has 0 fully saturated rings. The van der Waals surface area contributed by atoms with Gasteiger partial charge in [0.15, 0.2) is 0 Å². The van der Waals surface area contributed by atoms with E-state index in [0.717, 1.165) is 25.9 Å². The smallest absolute Gasteiger partial charge is 0.0808 e. The largest absolute Gasteiger partial charge is 0.550 e. The molecule has 0 saturated carbocycles. The monoisotopic (exact) mass is 161 g/mol. The summed E-state index contributed by atoms with van der Waals surface area (Å²) in [7, 11) is 0. The van der Waals surface area contributed by atoms with Crippen LogP contribution in [0.3, 0.4) is 0 Å². The lowest BCUT2D eigenvalue weighted by Gasteiger charge is -2.00. The number of carboxylic acid groups (broad SMARTS) is 1. The Kier molecular flexibility index (Phi) is 7.08. The Balaban J connectivity index is 2.85. The summed E-state index contributed by atoms with van der Waals surface area (Å²) in [5.41, 5.74) is 3.71. The standard InChI is InChI=1S/C7H16N2O2/c8-4-1-2-5-9-6-3-7(10)11/h9H,1-6,8H2,(H,10,11)/p+1. The average Bonchev–Trinajstić information content (AvgIpc) is 1.96. The molecule has 0 aliphatic carbocycles. The average molecular weight is 161 g/mol. The molecule has 0 aromatic carbocycles. The normalized spacial score (nSPS) is 9.91. The minimum absolute atomic E-state index is 0.157. The van der Waals surface area contributed by atoms with Crippen molar-refractivity contribution >= 4 is 5.97 Å². The van der Waals surface area contributed by atoms with Crippen molar-refractivity contribution in [2.75, 3.05) is 19.6 Å². The van der Waals surface area contributed by atoms with Crippen molar-refractivity contribution in [1.29, 1.82) is 0 Å². The van der Waals surface area contributed by atoms with Crippen molar-refractivity contribution in [3.05, 3.63) is 0 Å². The summed E-state index contributed by atoms with van der Waals surface area (Å²) in [4.78, 5) is 9.95. The van der Waals surface area contributed by atoms with Gasteiger partial charge in [0.05, 0.1) is 19.6 Å². The molecule has 0 bridgehead atoms. The van der Waals surface area contributed by atoms with Crippen LogP contribution < -0.4 is 16.2 Å². The number of rotatable bonds is 7. The fourth-order valence-corrected chi connectivity index (χ4v) is 0.830. The zero-order valence-corrected chi connectivity index (χ0v) is 6.84. The van der Waals surface area contributed by atoms with Crippen LogP contribution in [0.2, 0.25) is 0 Å². The van der Waals surface area contributed by atoms with E-state index in [-0.39, 0.29) is 6.42 Å². The third-order valence-corrected chi connectivity index (χ3v) is 1.46. The second kappa shape index (κ2) is 7.50. The maximum atomic E-state index is 9.95. The number of carbonyl (C=O) groups excluding carboxylic acids is 1. The third kappa shape index (κ3) is 9.39. The zero-order chi connectivity index (χ0) is 8.53. The highest BCUT2D eigenvalue weighted by Gasteiger charge is 1.91. The lowest BCUT2D eigenvalue weighted by molar-refractivity contribution is -0.655. The summed E-state index contributed by atoms with van der Waals surface area (Å²) in [6.07, 6.45) is 2.41. The summed E-state index contributed by atoms with van der Waals surface area (Å²) < 4.78 is 0. The van der Waals surface area contributed by atoms with Gasteiger partial charge >= 0.3 is 0 Å². The molecule has 0 aromatic rings. The van der Waals surface area contributed by atoms with Crippen LogP contribution in [0.5, 0.6) is 0 Å². The van der Waals surface area contributed by atoms with Gasteiger partial charge in [0.25, 0.3) is 0 Å². The van der Waals surface area contributed by atoms with Crippen LogP contribution in [0.4, 0.5) is 0 Å². The molecular weight excluding hydrogens is 144 g/mol. The molecule has 0 atom stereocenters. The number of carbonyl (C=O) groups is 1. The highest BCUT2D eigenvalue weighted by molar-refractivity contribution is 5.64. The first kappa shape index (κ1) is 10.4. The Morgan fingerprint density at radius 2 is 2.09 bits per heavy atom. The predicted molar refractivity (Wildman–Crippen MR) is 38.3 cm³/mol. The van der Waals surface area contributed by atoms with E-state index in [1.165, 1.54) is 0 Å². The fraction of sp³-hybridized carbons (Fsp3) is 0.857. The van der Waals surface area contributed by atoms with Gasteiger partial charge in [-0.25, -0.2) is 0 Å². The third-order valence-electron chi connectivity index (χ3n) is 1.46. The van der Waals surface area contributed by atoms with Gasteiger partial charge in [-0.15, -0.1) is 0 Å². The summed E-state index contributed by atoms with van der Waals surface area (Å²) in [5.74, 6) is -0.960. The first-order valence-corrected chi connectivity index (χ1v) is 4.08. The van der Waals surface area contributed by atoms with Crippen LogP contribution in [0.1, 0.15) is 19.3 Å². The van der Waals surface area contributed by atoms with Crippen molar-refractivity contribution in [3.8, 4) is 0 Å². The van der Waals surface area contributed by atoms with E-state index >= 15 is 0 Å². The van der Waals surface area contributed by atoms with Crippen molar-refractivity contribution < 1.29 is 21.0 Å². The first-order chi connectivity index (χ1) is 5.27. The van der Waals surface area contributed by atoms with Crippen molar-refractivity contribution in [2.45, 2.75) is 19.3 Å². The molecular formula is C7H17N2O2+. The van der Waals surface area contributed by atoms with Gasteiger partial charge < -0.3 is 21.0 Å². The van der Waals surface area contributed by atoms with Crippen LogP contribution in [0.25, 0.3) is 0 Å². The number of quaternary nitrogens is 2. The van der Waals surface area contributed by atoms with Crippen LogP contribution >= 0.6 is 0 Å². The quantitative estimate of drug-likeness (QED) is 0.384. The Bertz CT molecular complexity index is 107. The molecule has 0 unspecified atom stereocenters. The second-order valence-electron chi connectivity index (χ2n) is 2.55. The summed E-state index contributed by atoms with van der Waals surface area (Å²) in [5, 5.41) is 12.0. The molecule has 11 heavy (non-hydrogen) atoms. The van der Waals surface area contributed by atoms with Gasteiger partial charge in [-0.2, -0.15) is 0 Å². The van der Waals surface area contributed by atoms with Crippen LogP contribution in [0, 0.1) is 0 Å². The molecule has 0 rings (SSSR count). The van der Waals surface area contributed by atoms with Gasteiger partial charge in [-0.1, -0.05) is 0 Å². The number of hydrogen-bond donors (Lipinski definition) is 2. The Hall–Kier alpha value is -0.610. The van der Waals surface area contributed by atoms with Crippen LogP contribution in [-0.2, 0) is 4.79 Å². The van der Waals surface area contributed by atoms with E-state index in [2.05, 4.69) is 5.73 Å². The lowest BCUT2D eigenvalue weighted by Crippen LogP contribution is -2.84. The molecule has 0 spiro atoms. The minimum Gasteiger partial charge on any atom is -0.550 e. The molecule has 4 heteroatoms. The fourth-order valence-electron chi connectivity index (χ4n) is 0.830. The Labute approximate surface area is 66.8 Å². The molecule has 66 valence electrons. The van der Waals surface area contributed by atoms with Crippen LogP contribution in [0.15, 0.2) is 0 Å². The van der Waals surface area contributed by atoms with E-state index in [9.17, 15) is 9.90 Å².